The van der Waals surface area contributed by atoms with Crippen LogP contribution in [0.15, 0.2) is 53.6 Å². The van der Waals surface area contributed by atoms with Gasteiger partial charge in [0, 0.05) is 23.7 Å². The van der Waals surface area contributed by atoms with E-state index in [1.807, 2.05) is 54.3 Å². The Bertz CT molecular complexity index is 1110. The van der Waals surface area contributed by atoms with Crippen LogP contribution in [0.1, 0.15) is 24.5 Å². The highest BCUT2D eigenvalue weighted by atomic mass is 32.2. The molecule has 0 radical (unpaired) electrons. The molecule has 0 atom stereocenters. The van der Waals surface area contributed by atoms with Gasteiger partial charge in [0.1, 0.15) is 16.8 Å². The number of fused-ring (bicyclic) bond motifs is 2. The van der Waals surface area contributed by atoms with Crippen LogP contribution in [0.5, 0.6) is 5.75 Å². The molecule has 0 bridgehead atoms. The normalized spacial score (nSPS) is 13.0. The molecule has 1 aliphatic heterocycles. The fourth-order valence-electron chi connectivity index (χ4n) is 3.58. The van der Waals surface area contributed by atoms with Gasteiger partial charge in [-0.2, -0.15) is 5.26 Å². The minimum absolute atomic E-state index is 0.0380. The first kappa shape index (κ1) is 19.3. The average Bonchev–Trinajstić information content (AvgIpc) is 2.76. The lowest BCUT2D eigenvalue weighted by molar-refractivity contribution is -0.116. The minimum atomic E-state index is 0.0380. The number of hydrogen-bond acceptors (Lipinski definition) is 5. The third-order valence-corrected chi connectivity index (χ3v) is 5.91. The molecule has 1 aromatic heterocycles. The van der Waals surface area contributed by atoms with Gasteiger partial charge in [-0.25, -0.2) is 4.98 Å². The number of nitriles is 1. The molecule has 0 spiro atoms. The number of carbonyl (C=O) groups excluding carboxylic acids is 1. The Morgan fingerprint density at radius 2 is 2.14 bits per heavy atom. The number of carbonyl (C=O) groups is 1. The number of pyridine rings is 1. The summed E-state index contributed by atoms with van der Waals surface area (Å²) in [4.78, 5) is 19.4. The molecular weight excluding hydrogens is 382 g/mol. The van der Waals surface area contributed by atoms with Crippen molar-refractivity contribution in [3.8, 4) is 11.8 Å². The van der Waals surface area contributed by atoms with Gasteiger partial charge in [-0.05, 0) is 49.6 Å². The van der Waals surface area contributed by atoms with Gasteiger partial charge >= 0.3 is 0 Å². The molecule has 3 aromatic rings. The third kappa shape index (κ3) is 4.06. The van der Waals surface area contributed by atoms with E-state index in [0.29, 0.717) is 17.2 Å². The van der Waals surface area contributed by atoms with E-state index < -0.39 is 0 Å². The Balaban J connectivity index is 1.56. The number of nitrogens with zero attached hydrogens (tertiary/aromatic N) is 3. The molecule has 29 heavy (non-hydrogen) atoms. The summed E-state index contributed by atoms with van der Waals surface area (Å²) in [6.45, 7) is 3.24. The van der Waals surface area contributed by atoms with E-state index in [0.717, 1.165) is 41.7 Å². The first-order valence-corrected chi connectivity index (χ1v) is 10.7. The number of benzene rings is 2. The molecule has 0 aliphatic carbocycles. The topological polar surface area (TPSA) is 66.2 Å². The second-order valence-corrected chi connectivity index (χ2v) is 7.77. The van der Waals surface area contributed by atoms with Crippen molar-refractivity contribution in [2.75, 3.05) is 23.8 Å². The second kappa shape index (κ2) is 8.54. The highest BCUT2D eigenvalue weighted by Gasteiger charge is 2.22. The first-order valence-electron chi connectivity index (χ1n) is 9.68. The molecule has 0 saturated carbocycles. The summed E-state index contributed by atoms with van der Waals surface area (Å²) < 4.78 is 5.55. The zero-order valence-corrected chi connectivity index (χ0v) is 17.0. The van der Waals surface area contributed by atoms with Crippen LogP contribution in [0.3, 0.4) is 0 Å². The van der Waals surface area contributed by atoms with Crippen molar-refractivity contribution in [1.82, 2.24) is 4.98 Å². The number of para-hydroxylation sites is 1. The Morgan fingerprint density at radius 1 is 1.28 bits per heavy atom. The molecule has 0 unspecified atom stereocenters. The van der Waals surface area contributed by atoms with Gasteiger partial charge in [-0.3, -0.25) is 4.79 Å². The van der Waals surface area contributed by atoms with Crippen molar-refractivity contribution in [1.29, 1.82) is 5.26 Å². The summed E-state index contributed by atoms with van der Waals surface area (Å²) in [6, 6.07) is 17.7. The quantitative estimate of drug-likeness (QED) is 0.584. The molecular formula is C23H21N3O2S. The van der Waals surface area contributed by atoms with Gasteiger partial charge < -0.3 is 9.64 Å². The highest BCUT2D eigenvalue weighted by Crippen LogP contribution is 2.30. The van der Waals surface area contributed by atoms with E-state index in [4.69, 9.17) is 4.74 Å². The maximum atomic E-state index is 12.9. The van der Waals surface area contributed by atoms with Crippen LogP contribution < -0.4 is 9.64 Å². The Labute approximate surface area is 174 Å². The number of aromatic nitrogens is 1. The van der Waals surface area contributed by atoms with E-state index in [1.54, 1.807) is 0 Å². The van der Waals surface area contributed by atoms with Crippen LogP contribution in [0.4, 0.5) is 5.69 Å². The molecule has 0 fully saturated rings. The van der Waals surface area contributed by atoms with Gasteiger partial charge in [-0.15, -0.1) is 0 Å². The molecule has 6 heteroatoms. The second-order valence-electron chi connectivity index (χ2n) is 6.81. The lowest BCUT2D eigenvalue weighted by atomic mass is 10.0. The fraction of sp³-hybridized carbons (Fsp3) is 0.261. The number of rotatable bonds is 5. The van der Waals surface area contributed by atoms with E-state index >= 15 is 0 Å². The van der Waals surface area contributed by atoms with Crippen LogP contribution in [0, 0.1) is 11.3 Å². The van der Waals surface area contributed by atoms with E-state index in [1.165, 1.54) is 17.3 Å². The molecule has 2 aromatic carbocycles. The number of hydrogen-bond donors (Lipinski definition) is 0. The monoisotopic (exact) mass is 403 g/mol. The number of thioether (sulfide) groups is 1. The standard InChI is InChI=1S/C23H21N3O2S/c1-2-28-19-10-9-17-12-18(14-24)23(25-20(17)13-19)29-15-22(27)26-11-5-7-16-6-3-4-8-21(16)26/h3-4,6,8-10,12-13H,2,5,7,11,15H2,1H3. The lowest BCUT2D eigenvalue weighted by Gasteiger charge is -2.29. The number of anilines is 1. The van der Waals surface area contributed by atoms with Gasteiger partial charge in [0.25, 0.3) is 0 Å². The molecule has 1 amide bonds. The van der Waals surface area contributed by atoms with E-state index in [-0.39, 0.29) is 11.7 Å². The van der Waals surface area contributed by atoms with Crippen molar-refractivity contribution in [2.24, 2.45) is 0 Å². The fourth-order valence-corrected chi connectivity index (χ4v) is 4.42. The van der Waals surface area contributed by atoms with Crippen LogP contribution in [-0.2, 0) is 11.2 Å². The Kier molecular flexibility index (Phi) is 5.68. The van der Waals surface area contributed by atoms with Crippen molar-refractivity contribution in [2.45, 2.75) is 24.8 Å². The molecule has 0 saturated heterocycles. The lowest BCUT2D eigenvalue weighted by Crippen LogP contribution is -2.36. The zero-order chi connectivity index (χ0) is 20.2. The smallest absolute Gasteiger partial charge is 0.237 e. The summed E-state index contributed by atoms with van der Waals surface area (Å²) in [7, 11) is 0. The average molecular weight is 404 g/mol. The molecule has 1 aliphatic rings. The largest absolute Gasteiger partial charge is 0.494 e. The van der Waals surface area contributed by atoms with Gasteiger partial charge in [0.2, 0.25) is 5.91 Å². The van der Waals surface area contributed by atoms with Gasteiger partial charge in [0.15, 0.2) is 0 Å². The van der Waals surface area contributed by atoms with E-state index in [2.05, 4.69) is 17.1 Å². The van der Waals surface area contributed by atoms with Crippen molar-refractivity contribution in [3.63, 3.8) is 0 Å². The maximum Gasteiger partial charge on any atom is 0.237 e. The highest BCUT2D eigenvalue weighted by molar-refractivity contribution is 8.00. The Morgan fingerprint density at radius 3 is 2.97 bits per heavy atom. The molecule has 5 nitrogen and oxygen atoms in total. The number of aryl methyl sites for hydroxylation is 1. The van der Waals surface area contributed by atoms with Crippen molar-refractivity contribution < 1.29 is 9.53 Å². The number of ether oxygens (including phenoxy) is 1. The number of amides is 1. The summed E-state index contributed by atoms with van der Waals surface area (Å²) in [6.07, 6.45) is 1.96. The molecule has 4 rings (SSSR count). The summed E-state index contributed by atoms with van der Waals surface area (Å²) >= 11 is 1.32. The minimum Gasteiger partial charge on any atom is -0.494 e. The van der Waals surface area contributed by atoms with Crippen LogP contribution >= 0.6 is 11.8 Å². The van der Waals surface area contributed by atoms with Crippen LogP contribution in [0.25, 0.3) is 10.9 Å². The van der Waals surface area contributed by atoms with Crippen molar-refractivity contribution in [3.05, 3.63) is 59.7 Å². The summed E-state index contributed by atoms with van der Waals surface area (Å²) in [5.41, 5.74) is 3.45. The van der Waals surface area contributed by atoms with Gasteiger partial charge in [-0.1, -0.05) is 30.0 Å². The SMILES string of the molecule is CCOc1ccc2cc(C#N)c(SCC(=O)N3CCCc4ccccc43)nc2c1. The summed E-state index contributed by atoms with van der Waals surface area (Å²) in [5, 5.41) is 11.0. The molecule has 0 N–H and O–H groups in total. The zero-order valence-electron chi connectivity index (χ0n) is 16.2. The first-order chi connectivity index (χ1) is 14.2. The maximum absolute atomic E-state index is 12.9. The predicted molar refractivity (Wildman–Crippen MR) is 115 cm³/mol. The van der Waals surface area contributed by atoms with Crippen LogP contribution in [-0.4, -0.2) is 29.8 Å². The van der Waals surface area contributed by atoms with Crippen LogP contribution in [0.2, 0.25) is 0 Å². The molecule has 146 valence electrons. The molecule has 2 heterocycles. The van der Waals surface area contributed by atoms with Crippen molar-refractivity contribution >= 4 is 34.3 Å². The Hall–Kier alpha value is -3.04. The predicted octanol–water partition coefficient (Wildman–Crippen LogP) is 4.58. The van der Waals surface area contributed by atoms with E-state index in [9.17, 15) is 10.1 Å². The summed E-state index contributed by atoms with van der Waals surface area (Å²) in [5.74, 6) is 1.03. The third-order valence-electron chi connectivity index (χ3n) is 4.93. The van der Waals surface area contributed by atoms with Gasteiger partial charge in [0.05, 0.1) is 23.4 Å².